The fraction of sp³-hybridized carbons (Fsp3) is 0.519. The zero-order chi connectivity index (χ0) is 24.7. The van der Waals surface area contributed by atoms with E-state index in [2.05, 4.69) is 48.5 Å². The molecule has 1 aromatic carbocycles. The topological polar surface area (TPSA) is 74.3 Å². The van der Waals surface area contributed by atoms with Crippen LogP contribution in [0.4, 0.5) is 11.5 Å². The Kier molecular flexibility index (Phi) is 9.34. The molecule has 34 heavy (non-hydrogen) atoms. The van der Waals surface area contributed by atoms with Gasteiger partial charge in [-0.2, -0.15) is 0 Å². The van der Waals surface area contributed by atoms with Crippen LogP contribution in [-0.4, -0.2) is 41.3 Å². The molecule has 3 rings (SSSR count). The van der Waals surface area contributed by atoms with Crippen LogP contribution in [0.2, 0.25) is 5.02 Å². The number of anilines is 2. The van der Waals surface area contributed by atoms with Crippen LogP contribution in [-0.2, 0) is 16.0 Å². The maximum absolute atomic E-state index is 12.9. The van der Waals surface area contributed by atoms with Crippen LogP contribution < -0.4 is 10.6 Å². The van der Waals surface area contributed by atoms with Gasteiger partial charge in [-0.05, 0) is 54.9 Å². The second-order valence-corrected chi connectivity index (χ2v) is 9.71. The van der Waals surface area contributed by atoms with Gasteiger partial charge < -0.3 is 15.5 Å². The highest BCUT2D eigenvalue weighted by Crippen LogP contribution is 2.35. The minimum Gasteiger partial charge on any atom is -0.385 e. The first kappa shape index (κ1) is 26.0. The Morgan fingerprint density at radius 3 is 2.76 bits per heavy atom. The third-order valence-electron chi connectivity index (χ3n) is 6.59. The standard InChI is InChI=1S/C27H37ClN4O2/c1-5-9-18(3)15-29-25-12-7-11-22(21(25)6-2)23-14-26(30-16-24(23)28)31-27(34)20-10-8-13-32(17-20)19(4)33/h7,11-12,14,16,18,20,29H,5-6,8-10,13,15,17H2,1-4H3,(H,30,31,34). The molecule has 2 unspecified atom stereocenters. The van der Waals surface area contributed by atoms with Gasteiger partial charge in [0.2, 0.25) is 11.8 Å². The molecule has 1 aliphatic heterocycles. The van der Waals surface area contributed by atoms with Crippen molar-refractivity contribution in [3.05, 3.63) is 41.0 Å². The third kappa shape index (κ3) is 6.50. The normalized spacial score (nSPS) is 16.7. The Labute approximate surface area is 208 Å². The summed E-state index contributed by atoms with van der Waals surface area (Å²) in [6, 6.07) is 8.07. The lowest BCUT2D eigenvalue weighted by Gasteiger charge is -2.31. The SMILES string of the molecule is CCCC(C)CNc1cccc(-c2cc(NC(=O)C3CCCN(C(C)=O)C3)ncc2Cl)c1CC. The molecule has 0 spiro atoms. The van der Waals surface area contributed by atoms with Crippen molar-refractivity contribution in [2.24, 2.45) is 11.8 Å². The summed E-state index contributed by atoms with van der Waals surface area (Å²) >= 11 is 6.58. The number of halogens is 1. The predicted octanol–water partition coefficient (Wildman–Crippen LogP) is 6.01. The van der Waals surface area contributed by atoms with Crippen molar-refractivity contribution in [2.75, 3.05) is 30.3 Å². The fourth-order valence-electron chi connectivity index (χ4n) is 4.68. The number of nitrogens with zero attached hydrogens (tertiary/aromatic N) is 2. The number of pyridine rings is 1. The minimum atomic E-state index is -0.234. The number of hydrogen-bond donors (Lipinski definition) is 2. The Morgan fingerprint density at radius 2 is 2.06 bits per heavy atom. The molecule has 2 atom stereocenters. The number of amides is 2. The van der Waals surface area contributed by atoms with Gasteiger partial charge in [0.15, 0.2) is 0 Å². The number of hydrogen-bond acceptors (Lipinski definition) is 4. The molecule has 0 bridgehead atoms. The summed E-state index contributed by atoms with van der Waals surface area (Å²) in [6.45, 7) is 10.3. The molecular weight excluding hydrogens is 448 g/mol. The van der Waals surface area contributed by atoms with Crippen molar-refractivity contribution in [2.45, 2.75) is 59.8 Å². The van der Waals surface area contributed by atoms with E-state index in [-0.39, 0.29) is 17.7 Å². The first-order valence-electron chi connectivity index (χ1n) is 12.4. The maximum Gasteiger partial charge on any atom is 0.230 e. The van der Waals surface area contributed by atoms with Crippen LogP contribution in [0.25, 0.3) is 11.1 Å². The molecule has 1 fully saturated rings. The molecule has 2 N–H and O–H groups in total. The number of rotatable bonds is 9. The Hall–Kier alpha value is -2.60. The summed E-state index contributed by atoms with van der Waals surface area (Å²) in [5.74, 6) is 0.740. The molecule has 0 radical (unpaired) electrons. The summed E-state index contributed by atoms with van der Waals surface area (Å²) in [6.07, 6.45) is 6.41. The lowest BCUT2D eigenvalue weighted by molar-refractivity contribution is -0.132. The van der Waals surface area contributed by atoms with Crippen LogP contribution in [0.1, 0.15) is 58.9 Å². The molecule has 0 saturated carbocycles. The van der Waals surface area contributed by atoms with Crippen molar-refractivity contribution >= 4 is 34.9 Å². The molecular formula is C27H37ClN4O2. The lowest BCUT2D eigenvalue weighted by Crippen LogP contribution is -2.42. The summed E-state index contributed by atoms with van der Waals surface area (Å²) in [5, 5.41) is 7.12. The molecule has 2 aromatic rings. The zero-order valence-corrected chi connectivity index (χ0v) is 21.5. The maximum atomic E-state index is 12.9. The molecule has 2 amide bonds. The smallest absolute Gasteiger partial charge is 0.230 e. The van der Waals surface area contributed by atoms with Gasteiger partial charge in [0.05, 0.1) is 10.9 Å². The van der Waals surface area contributed by atoms with E-state index in [1.54, 1.807) is 18.0 Å². The number of nitrogens with one attached hydrogen (secondary N) is 2. The first-order chi connectivity index (χ1) is 16.3. The quantitative estimate of drug-likeness (QED) is 0.457. The monoisotopic (exact) mass is 484 g/mol. The van der Waals surface area contributed by atoms with E-state index < -0.39 is 0 Å². The van der Waals surface area contributed by atoms with Crippen LogP contribution in [0.15, 0.2) is 30.5 Å². The van der Waals surface area contributed by atoms with Crippen molar-refractivity contribution in [3.63, 3.8) is 0 Å². The van der Waals surface area contributed by atoms with Gasteiger partial charge in [-0.25, -0.2) is 4.98 Å². The number of aromatic nitrogens is 1. The summed E-state index contributed by atoms with van der Waals surface area (Å²) in [7, 11) is 0. The molecule has 7 heteroatoms. The minimum absolute atomic E-state index is 0.00841. The molecule has 184 valence electrons. The third-order valence-corrected chi connectivity index (χ3v) is 6.89. The highest BCUT2D eigenvalue weighted by molar-refractivity contribution is 6.33. The van der Waals surface area contributed by atoms with Gasteiger partial charge in [0.25, 0.3) is 0 Å². The molecule has 0 aliphatic carbocycles. The average molecular weight is 485 g/mol. The second-order valence-electron chi connectivity index (χ2n) is 9.30. The summed E-state index contributed by atoms with van der Waals surface area (Å²) < 4.78 is 0. The van der Waals surface area contributed by atoms with Gasteiger partial charge >= 0.3 is 0 Å². The number of benzene rings is 1. The van der Waals surface area contributed by atoms with Crippen molar-refractivity contribution in [1.29, 1.82) is 0 Å². The van der Waals surface area contributed by atoms with E-state index >= 15 is 0 Å². The van der Waals surface area contributed by atoms with Crippen molar-refractivity contribution in [3.8, 4) is 11.1 Å². The van der Waals surface area contributed by atoms with Crippen LogP contribution in [0.3, 0.4) is 0 Å². The largest absolute Gasteiger partial charge is 0.385 e. The van der Waals surface area contributed by atoms with Gasteiger partial charge in [-0.15, -0.1) is 0 Å². The summed E-state index contributed by atoms with van der Waals surface area (Å²) in [5.41, 5.74) is 4.20. The van der Waals surface area contributed by atoms with Crippen molar-refractivity contribution in [1.82, 2.24) is 9.88 Å². The number of likely N-dealkylation sites (tertiary alicyclic amines) is 1. The highest BCUT2D eigenvalue weighted by Gasteiger charge is 2.27. The van der Waals surface area contributed by atoms with E-state index in [9.17, 15) is 9.59 Å². The zero-order valence-electron chi connectivity index (χ0n) is 20.8. The van der Waals surface area contributed by atoms with E-state index in [4.69, 9.17) is 11.6 Å². The number of carbonyl (C=O) groups is 2. The fourth-order valence-corrected chi connectivity index (χ4v) is 4.89. The Bertz CT molecular complexity index is 1010. The lowest BCUT2D eigenvalue weighted by atomic mass is 9.96. The Morgan fingerprint density at radius 1 is 1.26 bits per heavy atom. The van der Waals surface area contributed by atoms with Gasteiger partial charge in [-0.1, -0.05) is 50.9 Å². The van der Waals surface area contributed by atoms with Gasteiger partial charge in [0.1, 0.15) is 5.82 Å². The van der Waals surface area contributed by atoms with Crippen LogP contribution >= 0.6 is 11.6 Å². The van der Waals surface area contributed by atoms with E-state index in [0.717, 1.165) is 42.6 Å². The molecule has 6 nitrogen and oxygen atoms in total. The average Bonchev–Trinajstić information content (AvgIpc) is 2.83. The van der Waals surface area contributed by atoms with E-state index in [1.807, 2.05) is 12.1 Å². The van der Waals surface area contributed by atoms with Crippen LogP contribution in [0, 0.1) is 11.8 Å². The van der Waals surface area contributed by atoms with E-state index in [0.29, 0.717) is 29.8 Å². The summed E-state index contributed by atoms with van der Waals surface area (Å²) in [4.78, 5) is 30.7. The van der Waals surface area contributed by atoms with Gasteiger partial charge in [-0.3, -0.25) is 9.59 Å². The van der Waals surface area contributed by atoms with E-state index in [1.165, 1.54) is 18.4 Å². The number of carbonyl (C=O) groups excluding carboxylic acids is 2. The molecule has 2 heterocycles. The number of piperidine rings is 1. The van der Waals surface area contributed by atoms with Crippen molar-refractivity contribution < 1.29 is 9.59 Å². The Balaban J connectivity index is 1.81. The molecule has 1 aromatic heterocycles. The highest BCUT2D eigenvalue weighted by atomic mass is 35.5. The van der Waals surface area contributed by atoms with Crippen LogP contribution in [0.5, 0.6) is 0 Å². The predicted molar refractivity (Wildman–Crippen MR) is 140 cm³/mol. The van der Waals surface area contributed by atoms with Gasteiger partial charge in [0, 0.05) is 44.0 Å². The molecule has 1 saturated heterocycles. The molecule has 1 aliphatic rings. The second kappa shape index (κ2) is 12.2. The first-order valence-corrected chi connectivity index (χ1v) is 12.8.